The van der Waals surface area contributed by atoms with E-state index < -0.39 is 18.3 Å². The number of thioether (sulfide) groups is 1. The van der Waals surface area contributed by atoms with Gasteiger partial charge in [0, 0.05) is 18.2 Å². The zero-order chi connectivity index (χ0) is 18.1. The Balaban J connectivity index is 2.37. The molecule has 1 heterocycles. The second-order valence-corrected chi connectivity index (χ2v) is 8.03. The summed E-state index contributed by atoms with van der Waals surface area (Å²) >= 11 is 1.18. The molecule has 0 aliphatic carbocycles. The van der Waals surface area contributed by atoms with Crippen LogP contribution in [0.25, 0.3) is 6.08 Å². The first kappa shape index (κ1) is 18.9. The maximum Gasteiger partial charge on any atom is 0.491 e. The van der Waals surface area contributed by atoms with Crippen molar-refractivity contribution >= 4 is 35.8 Å². The van der Waals surface area contributed by atoms with Crippen molar-refractivity contribution in [2.24, 2.45) is 0 Å². The highest BCUT2D eigenvalue weighted by atomic mass is 32.2. The summed E-state index contributed by atoms with van der Waals surface area (Å²) in [7, 11) is -0.581. The molecule has 1 fully saturated rings. The molecule has 3 N–H and O–H groups in total. The van der Waals surface area contributed by atoms with Gasteiger partial charge in [-0.3, -0.25) is 4.79 Å². The summed E-state index contributed by atoms with van der Waals surface area (Å²) in [5, 5.41) is 10.2. The largest absolute Gasteiger partial charge is 0.505 e. The van der Waals surface area contributed by atoms with Gasteiger partial charge in [-0.15, -0.1) is 0 Å². The SMILES string of the molecule is CC(=O)SCC(=Cc1cccc(N)c1O)B1OC(C)(C)C(C)(C)O1. The van der Waals surface area contributed by atoms with Crippen molar-refractivity contribution in [3.8, 4) is 5.75 Å². The number of anilines is 1. The van der Waals surface area contributed by atoms with Crippen molar-refractivity contribution in [3.05, 3.63) is 29.2 Å². The van der Waals surface area contributed by atoms with E-state index in [1.807, 2.05) is 27.7 Å². The monoisotopic (exact) mass is 349 g/mol. The minimum Gasteiger partial charge on any atom is -0.505 e. The molecule has 0 unspecified atom stereocenters. The van der Waals surface area contributed by atoms with Gasteiger partial charge in [-0.2, -0.15) is 0 Å². The van der Waals surface area contributed by atoms with E-state index in [2.05, 4.69) is 0 Å². The minimum absolute atomic E-state index is 0.00853. The lowest BCUT2D eigenvalue weighted by molar-refractivity contribution is -0.109. The van der Waals surface area contributed by atoms with Gasteiger partial charge < -0.3 is 20.1 Å². The third-order valence-electron chi connectivity index (χ3n) is 4.44. The van der Waals surface area contributed by atoms with Crippen molar-refractivity contribution in [2.45, 2.75) is 45.8 Å². The lowest BCUT2D eigenvalue weighted by atomic mass is 9.78. The average Bonchev–Trinajstić information content (AvgIpc) is 2.67. The van der Waals surface area contributed by atoms with Gasteiger partial charge in [0.15, 0.2) is 5.12 Å². The maximum absolute atomic E-state index is 11.4. The number of phenols is 1. The number of rotatable bonds is 4. The summed E-state index contributed by atoms with van der Waals surface area (Å²) in [6.45, 7) is 9.41. The van der Waals surface area contributed by atoms with Crippen molar-refractivity contribution in [2.75, 3.05) is 11.5 Å². The quantitative estimate of drug-likeness (QED) is 0.493. The van der Waals surface area contributed by atoms with Crippen LogP contribution in [0.3, 0.4) is 0 Å². The normalized spacial score (nSPS) is 19.5. The Morgan fingerprint density at radius 1 is 1.29 bits per heavy atom. The molecule has 1 saturated heterocycles. The standard InChI is InChI=1S/C17H24BNO4S/c1-11(20)24-10-13(9-12-7-6-8-14(19)15(12)21)18-22-16(2,3)17(4,5)23-18/h6-9,21H,10,19H2,1-5H3. The van der Waals surface area contributed by atoms with E-state index in [0.717, 1.165) is 5.47 Å². The molecule has 5 nitrogen and oxygen atoms in total. The van der Waals surface area contributed by atoms with Crippen molar-refractivity contribution in [1.82, 2.24) is 0 Å². The molecular formula is C17H24BNO4S. The number of aromatic hydroxyl groups is 1. The van der Waals surface area contributed by atoms with Crippen LogP contribution in [0, 0.1) is 0 Å². The molecule has 130 valence electrons. The molecule has 0 amide bonds. The minimum atomic E-state index is -0.581. The van der Waals surface area contributed by atoms with E-state index >= 15 is 0 Å². The lowest BCUT2D eigenvalue weighted by Gasteiger charge is -2.32. The summed E-state index contributed by atoms with van der Waals surface area (Å²) in [5.74, 6) is 0.430. The molecule has 1 aromatic rings. The third-order valence-corrected chi connectivity index (χ3v) is 5.32. The highest BCUT2D eigenvalue weighted by Crippen LogP contribution is 2.40. The first-order valence-electron chi connectivity index (χ1n) is 7.80. The van der Waals surface area contributed by atoms with E-state index in [4.69, 9.17) is 15.0 Å². The number of carbonyl (C=O) groups excluding carboxylic acids is 1. The van der Waals surface area contributed by atoms with Gasteiger partial charge in [-0.1, -0.05) is 30.0 Å². The van der Waals surface area contributed by atoms with Crippen molar-refractivity contribution in [3.63, 3.8) is 0 Å². The summed E-state index contributed by atoms with van der Waals surface area (Å²) in [6, 6.07) is 5.15. The smallest absolute Gasteiger partial charge is 0.491 e. The molecule has 0 aromatic heterocycles. The molecule has 0 spiro atoms. The zero-order valence-electron chi connectivity index (χ0n) is 14.8. The molecule has 7 heteroatoms. The van der Waals surface area contributed by atoms with Gasteiger partial charge in [0.1, 0.15) is 5.75 Å². The van der Waals surface area contributed by atoms with Gasteiger partial charge in [-0.25, -0.2) is 0 Å². The second-order valence-electron chi connectivity index (χ2n) is 6.87. The molecule has 0 atom stereocenters. The van der Waals surface area contributed by atoms with Crippen molar-refractivity contribution in [1.29, 1.82) is 0 Å². The Morgan fingerprint density at radius 2 is 1.88 bits per heavy atom. The highest BCUT2D eigenvalue weighted by molar-refractivity contribution is 8.13. The molecule has 1 aromatic carbocycles. The summed E-state index contributed by atoms with van der Waals surface area (Å²) in [4.78, 5) is 11.4. The zero-order valence-corrected chi connectivity index (χ0v) is 15.6. The van der Waals surface area contributed by atoms with Crippen LogP contribution >= 0.6 is 11.8 Å². The molecule has 0 radical (unpaired) electrons. The van der Waals surface area contributed by atoms with E-state index in [1.165, 1.54) is 18.7 Å². The van der Waals surface area contributed by atoms with Crippen LogP contribution in [0.5, 0.6) is 5.75 Å². The topological polar surface area (TPSA) is 81.8 Å². The van der Waals surface area contributed by atoms with Gasteiger partial charge in [0.05, 0.1) is 16.9 Å². The van der Waals surface area contributed by atoms with E-state index in [-0.39, 0.29) is 10.9 Å². The van der Waals surface area contributed by atoms with Gasteiger partial charge in [0.2, 0.25) is 0 Å². The van der Waals surface area contributed by atoms with Crippen LogP contribution < -0.4 is 5.73 Å². The fourth-order valence-corrected chi connectivity index (χ4v) is 2.84. The van der Waals surface area contributed by atoms with E-state index in [0.29, 0.717) is 17.0 Å². The van der Waals surface area contributed by atoms with Crippen LogP contribution in [0.1, 0.15) is 40.2 Å². The van der Waals surface area contributed by atoms with E-state index in [9.17, 15) is 9.90 Å². The first-order valence-corrected chi connectivity index (χ1v) is 8.79. The molecule has 0 saturated carbocycles. The molecule has 0 bridgehead atoms. The fourth-order valence-electron chi connectivity index (χ4n) is 2.25. The van der Waals surface area contributed by atoms with Crippen LogP contribution in [-0.4, -0.2) is 34.3 Å². The Hall–Kier alpha value is -1.44. The Bertz CT molecular complexity index is 657. The van der Waals surface area contributed by atoms with E-state index in [1.54, 1.807) is 24.3 Å². The summed E-state index contributed by atoms with van der Waals surface area (Å²) in [6.07, 6.45) is 1.78. The van der Waals surface area contributed by atoms with Crippen molar-refractivity contribution < 1.29 is 19.2 Å². The third kappa shape index (κ3) is 3.96. The number of hydrogen-bond donors (Lipinski definition) is 2. The number of carbonyl (C=O) groups is 1. The van der Waals surface area contributed by atoms with Crippen LogP contribution in [0.15, 0.2) is 23.7 Å². The Labute approximate surface area is 147 Å². The lowest BCUT2D eigenvalue weighted by Crippen LogP contribution is -2.41. The summed E-state index contributed by atoms with van der Waals surface area (Å²) < 4.78 is 12.1. The number of hydrogen-bond acceptors (Lipinski definition) is 6. The summed E-state index contributed by atoms with van der Waals surface area (Å²) in [5.41, 5.74) is 6.45. The fraction of sp³-hybridized carbons (Fsp3) is 0.471. The number of nitrogens with two attached hydrogens (primary N) is 1. The van der Waals surface area contributed by atoms with Gasteiger partial charge >= 0.3 is 7.12 Å². The second kappa shape index (κ2) is 6.82. The van der Waals surface area contributed by atoms with Crippen LogP contribution in [0.2, 0.25) is 0 Å². The Morgan fingerprint density at radius 3 is 2.42 bits per heavy atom. The molecule has 24 heavy (non-hydrogen) atoms. The average molecular weight is 349 g/mol. The number of nitrogen functional groups attached to an aromatic ring is 1. The molecule has 1 aliphatic rings. The molecular weight excluding hydrogens is 325 g/mol. The first-order chi connectivity index (χ1) is 11.0. The van der Waals surface area contributed by atoms with Gasteiger partial charge in [0.25, 0.3) is 0 Å². The number of benzene rings is 1. The predicted molar refractivity (Wildman–Crippen MR) is 99.7 cm³/mol. The molecule has 1 aliphatic heterocycles. The predicted octanol–water partition coefficient (Wildman–Crippen LogP) is 3.27. The van der Waals surface area contributed by atoms with Crippen LogP contribution in [-0.2, 0) is 14.1 Å². The Kier molecular flexibility index (Phi) is 5.37. The van der Waals surface area contributed by atoms with Crippen LogP contribution in [0.4, 0.5) is 5.69 Å². The van der Waals surface area contributed by atoms with Gasteiger partial charge in [-0.05, 0) is 39.2 Å². The molecule has 2 rings (SSSR count). The highest BCUT2D eigenvalue weighted by Gasteiger charge is 2.52. The maximum atomic E-state index is 11.4. The number of phenolic OH excluding ortho intramolecular Hbond substituents is 1. The number of para-hydroxylation sites is 1.